The molecule has 3 aromatic carbocycles. The molecule has 0 N–H and O–H groups in total. The summed E-state index contributed by atoms with van der Waals surface area (Å²) in [5.41, 5.74) is 1.33. The molecule has 1 aliphatic heterocycles. The minimum absolute atomic E-state index is 0.0263. The first-order chi connectivity index (χ1) is 20.7. The van der Waals surface area contributed by atoms with Gasteiger partial charge >= 0.3 is 0 Å². The largest absolute Gasteiger partial charge is 0.341 e. The van der Waals surface area contributed by atoms with Crippen molar-refractivity contribution in [2.75, 3.05) is 26.2 Å². The highest BCUT2D eigenvalue weighted by Crippen LogP contribution is 2.39. The quantitative estimate of drug-likeness (QED) is 0.220. The third-order valence-corrected chi connectivity index (χ3v) is 10.5. The minimum Gasteiger partial charge on any atom is -0.341 e. The Morgan fingerprint density at radius 1 is 0.930 bits per heavy atom. The van der Waals surface area contributed by atoms with Crippen LogP contribution in [0.3, 0.4) is 0 Å². The van der Waals surface area contributed by atoms with Gasteiger partial charge in [-0.2, -0.15) is 4.31 Å². The molecular weight excluding hydrogens is 587 g/mol. The van der Waals surface area contributed by atoms with E-state index in [1.165, 1.54) is 16.4 Å². The first-order valence-electron chi connectivity index (χ1n) is 14.5. The molecule has 0 saturated carbocycles. The lowest BCUT2D eigenvalue weighted by Gasteiger charge is -2.43. The van der Waals surface area contributed by atoms with E-state index in [-0.39, 0.29) is 23.9 Å². The Morgan fingerprint density at radius 3 is 2.21 bits per heavy atom. The van der Waals surface area contributed by atoms with Gasteiger partial charge in [-0.25, -0.2) is 17.8 Å². The Morgan fingerprint density at radius 2 is 1.58 bits per heavy atom. The zero-order chi connectivity index (χ0) is 30.5. The van der Waals surface area contributed by atoms with E-state index < -0.39 is 21.3 Å². The summed E-state index contributed by atoms with van der Waals surface area (Å²) in [6, 6.07) is 22.4. The molecule has 2 heterocycles. The van der Waals surface area contributed by atoms with Gasteiger partial charge in [0.2, 0.25) is 15.9 Å². The number of carbonyl (C=O) groups excluding carboxylic acids is 1. The minimum atomic E-state index is -3.82. The van der Waals surface area contributed by atoms with Gasteiger partial charge in [0.25, 0.3) is 0 Å². The highest BCUT2D eigenvalue weighted by Gasteiger charge is 2.45. The van der Waals surface area contributed by atoms with Crippen LogP contribution in [-0.2, 0) is 41.1 Å². The lowest BCUT2D eigenvalue weighted by atomic mass is 9.73. The van der Waals surface area contributed by atoms with Gasteiger partial charge in [0.1, 0.15) is 11.6 Å². The van der Waals surface area contributed by atoms with Crippen molar-refractivity contribution in [2.24, 2.45) is 12.5 Å². The van der Waals surface area contributed by atoms with Gasteiger partial charge < -0.3 is 9.47 Å². The molecule has 43 heavy (non-hydrogen) atoms. The zero-order valence-electron chi connectivity index (χ0n) is 24.2. The molecule has 0 bridgehead atoms. The summed E-state index contributed by atoms with van der Waals surface area (Å²) in [5, 5.41) is 0.663. The van der Waals surface area contributed by atoms with Crippen molar-refractivity contribution in [3.8, 4) is 0 Å². The van der Waals surface area contributed by atoms with Crippen LogP contribution in [0.15, 0.2) is 96.2 Å². The van der Waals surface area contributed by atoms with Crippen molar-refractivity contribution in [3.05, 3.63) is 119 Å². The standard InChI is InChI=1S/C33H36ClFN4O3S/c1-37-24-19-36-31(37)16-21-38(20-15-26-7-9-28(34)10-8-26)32(40)33(25-27-5-3-2-4-6-27)17-22-39(23-18-33)43(41,42)30-13-11-29(35)12-14-30/h2-14,19,24H,15-18,20-23,25H2,1H3. The Bertz CT molecular complexity index is 1620. The maximum Gasteiger partial charge on any atom is 0.243 e. The number of amides is 1. The van der Waals surface area contributed by atoms with Crippen LogP contribution in [0, 0.1) is 11.2 Å². The Labute approximate surface area is 258 Å². The van der Waals surface area contributed by atoms with Crippen LogP contribution in [-0.4, -0.2) is 59.3 Å². The van der Waals surface area contributed by atoms with Crippen LogP contribution < -0.4 is 0 Å². The van der Waals surface area contributed by atoms with Crippen LogP contribution in [0.1, 0.15) is 29.8 Å². The number of aryl methyl sites for hydroxylation is 1. The first kappa shape index (κ1) is 30.9. The number of hydrogen-bond donors (Lipinski definition) is 0. The van der Waals surface area contributed by atoms with Crippen molar-refractivity contribution in [1.82, 2.24) is 18.8 Å². The van der Waals surface area contributed by atoms with E-state index in [0.717, 1.165) is 29.1 Å². The normalized spacial score (nSPS) is 15.3. The molecule has 1 amide bonds. The maximum absolute atomic E-state index is 14.7. The molecule has 1 aromatic heterocycles. The summed E-state index contributed by atoms with van der Waals surface area (Å²) < 4.78 is 43.7. The number of nitrogens with zero attached hydrogens (tertiary/aromatic N) is 4. The molecule has 1 fully saturated rings. The van der Waals surface area contributed by atoms with Crippen molar-refractivity contribution in [1.29, 1.82) is 0 Å². The number of hydrogen-bond acceptors (Lipinski definition) is 4. The van der Waals surface area contributed by atoms with Crippen molar-refractivity contribution in [2.45, 2.75) is 37.0 Å². The van der Waals surface area contributed by atoms with Crippen LogP contribution >= 0.6 is 11.6 Å². The van der Waals surface area contributed by atoms with Gasteiger partial charge in [-0.05, 0) is 73.2 Å². The lowest BCUT2D eigenvalue weighted by molar-refractivity contribution is -0.144. The molecule has 7 nitrogen and oxygen atoms in total. The highest BCUT2D eigenvalue weighted by molar-refractivity contribution is 7.89. The number of carbonyl (C=O) groups is 1. The molecular formula is C33H36ClFN4O3S. The Hall–Kier alpha value is -3.53. The van der Waals surface area contributed by atoms with Crippen LogP contribution in [0.4, 0.5) is 4.39 Å². The summed E-state index contributed by atoms with van der Waals surface area (Å²) >= 11 is 6.10. The SMILES string of the molecule is Cn1ccnc1CCN(CCc1ccc(Cl)cc1)C(=O)C1(Cc2ccccc2)CCN(S(=O)(=O)c2ccc(F)cc2)CC1. The first-order valence-corrected chi connectivity index (χ1v) is 16.3. The van der Waals surface area contributed by atoms with E-state index in [4.69, 9.17) is 11.6 Å². The number of rotatable bonds is 11. The Kier molecular flexibility index (Phi) is 9.64. The molecule has 0 unspecified atom stereocenters. The second-order valence-corrected chi connectivity index (χ2v) is 13.5. The molecule has 0 atom stereocenters. The number of imidazole rings is 1. The fourth-order valence-electron chi connectivity index (χ4n) is 5.80. The van der Waals surface area contributed by atoms with Gasteiger partial charge in [-0.1, -0.05) is 54.1 Å². The van der Waals surface area contributed by atoms with Crippen molar-refractivity contribution >= 4 is 27.5 Å². The average Bonchev–Trinajstić information content (AvgIpc) is 3.43. The van der Waals surface area contributed by atoms with Crippen LogP contribution in [0.5, 0.6) is 0 Å². The molecule has 1 saturated heterocycles. The van der Waals surface area contributed by atoms with E-state index in [1.807, 2.05) is 77.3 Å². The van der Waals surface area contributed by atoms with Crippen molar-refractivity contribution in [3.63, 3.8) is 0 Å². The topological polar surface area (TPSA) is 75.5 Å². The van der Waals surface area contributed by atoms with Crippen LogP contribution in [0.25, 0.3) is 0 Å². The summed E-state index contributed by atoms with van der Waals surface area (Å²) in [4.78, 5) is 21.1. The monoisotopic (exact) mass is 622 g/mol. The van der Waals surface area contributed by atoms with E-state index in [2.05, 4.69) is 4.98 Å². The summed E-state index contributed by atoms with van der Waals surface area (Å²) in [7, 11) is -1.88. The predicted octanol–water partition coefficient (Wildman–Crippen LogP) is 5.54. The Balaban J connectivity index is 1.41. The fourth-order valence-corrected chi connectivity index (χ4v) is 7.37. The maximum atomic E-state index is 14.7. The average molecular weight is 623 g/mol. The molecule has 1 aliphatic rings. The molecule has 0 spiro atoms. The summed E-state index contributed by atoms with van der Waals surface area (Å²) in [6.07, 6.45) is 6.17. The third-order valence-electron chi connectivity index (χ3n) is 8.37. The van der Waals surface area contributed by atoms with Gasteiger partial charge in [0.15, 0.2) is 0 Å². The summed E-state index contributed by atoms with van der Waals surface area (Å²) in [6.45, 7) is 1.40. The zero-order valence-corrected chi connectivity index (χ0v) is 25.8. The fraction of sp³-hybridized carbons (Fsp3) is 0.333. The lowest BCUT2D eigenvalue weighted by Crippen LogP contribution is -2.53. The van der Waals surface area contributed by atoms with E-state index in [1.54, 1.807) is 6.20 Å². The molecule has 10 heteroatoms. The number of halogens is 2. The van der Waals surface area contributed by atoms with Crippen LogP contribution in [0.2, 0.25) is 5.02 Å². The number of aromatic nitrogens is 2. The van der Waals surface area contributed by atoms with Gasteiger partial charge in [0.05, 0.1) is 10.3 Å². The second kappa shape index (κ2) is 13.4. The van der Waals surface area contributed by atoms with E-state index in [0.29, 0.717) is 50.2 Å². The number of benzene rings is 3. The molecule has 4 aromatic rings. The van der Waals surface area contributed by atoms with E-state index >= 15 is 0 Å². The number of sulfonamides is 1. The predicted molar refractivity (Wildman–Crippen MR) is 166 cm³/mol. The molecule has 226 valence electrons. The number of piperidine rings is 1. The van der Waals surface area contributed by atoms with Gasteiger partial charge in [-0.3, -0.25) is 4.79 Å². The molecule has 5 rings (SSSR count). The second-order valence-electron chi connectivity index (χ2n) is 11.2. The van der Waals surface area contributed by atoms with E-state index in [9.17, 15) is 17.6 Å². The van der Waals surface area contributed by atoms with Gasteiger partial charge in [-0.15, -0.1) is 0 Å². The summed E-state index contributed by atoms with van der Waals surface area (Å²) in [5.74, 6) is 0.425. The molecule has 0 radical (unpaired) electrons. The smallest absolute Gasteiger partial charge is 0.243 e. The van der Waals surface area contributed by atoms with Gasteiger partial charge in [0, 0.05) is 57.1 Å². The highest BCUT2D eigenvalue weighted by atomic mass is 35.5. The van der Waals surface area contributed by atoms with Crippen molar-refractivity contribution < 1.29 is 17.6 Å². The molecule has 0 aliphatic carbocycles. The third kappa shape index (κ3) is 7.34.